The van der Waals surface area contributed by atoms with Crippen LogP contribution in [0.3, 0.4) is 0 Å². The standard InChI is InChI=1S/C8H8BrN.C4H5N3.C3H6O2/c9-7-3-4-8(10-5-7)6-1-2-6;5-4-1-6-3-7-2-4;1-2-5-3-4/h3-6H,1-2H2;1-3H,5H2;3H,2H2,1H3. The molecule has 6 nitrogen and oxygen atoms in total. The Morgan fingerprint density at radius 1 is 1.32 bits per heavy atom. The summed E-state index contributed by atoms with van der Waals surface area (Å²) in [5.41, 5.74) is 7.09. The molecule has 1 saturated carbocycles. The van der Waals surface area contributed by atoms with Crippen LogP contribution in [0, 0.1) is 0 Å². The molecule has 0 saturated heterocycles. The normalized spacial score (nSPS) is 12.1. The number of aromatic nitrogens is 3. The summed E-state index contributed by atoms with van der Waals surface area (Å²) in [5, 5.41) is 0. The molecule has 0 amide bonds. The van der Waals surface area contributed by atoms with Crippen molar-refractivity contribution in [2.75, 3.05) is 12.3 Å². The molecule has 0 aliphatic heterocycles. The average Bonchev–Trinajstić information content (AvgIpc) is 3.36. The Morgan fingerprint density at radius 2 is 2.00 bits per heavy atom. The lowest BCUT2D eigenvalue weighted by Crippen LogP contribution is -1.85. The molecule has 0 spiro atoms. The van der Waals surface area contributed by atoms with Crippen LogP contribution < -0.4 is 5.73 Å². The van der Waals surface area contributed by atoms with Gasteiger partial charge < -0.3 is 10.5 Å². The molecule has 0 atom stereocenters. The van der Waals surface area contributed by atoms with Gasteiger partial charge in [0.05, 0.1) is 24.7 Å². The number of pyridine rings is 1. The zero-order valence-electron chi connectivity index (χ0n) is 12.4. The maximum Gasteiger partial charge on any atom is 0.293 e. The van der Waals surface area contributed by atoms with Crippen LogP contribution in [-0.4, -0.2) is 28.0 Å². The second-order valence-electron chi connectivity index (χ2n) is 4.40. The van der Waals surface area contributed by atoms with E-state index in [0.717, 1.165) is 10.4 Å². The molecule has 2 N–H and O–H groups in total. The van der Waals surface area contributed by atoms with Crippen LogP contribution in [0.15, 0.2) is 41.5 Å². The molecule has 7 heteroatoms. The van der Waals surface area contributed by atoms with E-state index in [0.29, 0.717) is 18.8 Å². The lowest BCUT2D eigenvalue weighted by molar-refractivity contribution is -0.128. The predicted molar refractivity (Wildman–Crippen MR) is 88.0 cm³/mol. The van der Waals surface area contributed by atoms with Crippen molar-refractivity contribution in [3.63, 3.8) is 0 Å². The molecule has 0 aromatic carbocycles. The molecule has 118 valence electrons. The van der Waals surface area contributed by atoms with Crippen molar-refractivity contribution in [1.82, 2.24) is 15.0 Å². The first-order valence-electron chi connectivity index (χ1n) is 6.84. The van der Waals surface area contributed by atoms with Gasteiger partial charge in [-0.05, 0) is 47.8 Å². The molecular formula is C15H19BrN4O2. The summed E-state index contributed by atoms with van der Waals surface area (Å²) in [4.78, 5) is 20.8. The minimum absolute atomic E-state index is 0.431. The number of halogens is 1. The lowest BCUT2D eigenvalue weighted by atomic mass is 10.3. The number of ether oxygens (including phenoxy) is 1. The number of carbonyl (C=O) groups is 1. The molecule has 1 aliphatic rings. The minimum Gasteiger partial charge on any atom is -0.468 e. The average molecular weight is 367 g/mol. The van der Waals surface area contributed by atoms with Gasteiger partial charge in [-0.2, -0.15) is 0 Å². The molecule has 2 aromatic heterocycles. The fraction of sp³-hybridized carbons (Fsp3) is 0.333. The van der Waals surface area contributed by atoms with E-state index < -0.39 is 0 Å². The summed E-state index contributed by atoms with van der Waals surface area (Å²) in [6, 6.07) is 4.16. The van der Waals surface area contributed by atoms with Crippen LogP contribution in [0.2, 0.25) is 0 Å². The van der Waals surface area contributed by atoms with Crippen molar-refractivity contribution < 1.29 is 9.53 Å². The van der Waals surface area contributed by atoms with E-state index in [1.54, 1.807) is 19.3 Å². The maximum absolute atomic E-state index is 9.18. The topological polar surface area (TPSA) is 91.0 Å². The monoisotopic (exact) mass is 366 g/mol. The van der Waals surface area contributed by atoms with Crippen molar-refractivity contribution in [1.29, 1.82) is 0 Å². The maximum atomic E-state index is 9.18. The highest BCUT2D eigenvalue weighted by Crippen LogP contribution is 2.38. The van der Waals surface area contributed by atoms with E-state index in [9.17, 15) is 4.79 Å². The SMILES string of the molecule is Brc1ccc(C2CC2)nc1.CCOC=O.Nc1cncnc1. The third kappa shape index (κ3) is 8.31. The molecule has 2 heterocycles. The van der Waals surface area contributed by atoms with Crippen molar-refractivity contribution in [3.8, 4) is 0 Å². The van der Waals surface area contributed by atoms with E-state index in [4.69, 9.17) is 5.73 Å². The highest BCUT2D eigenvalue weighted by atomic mass is 79.9. The number of anilines is 1. The van der Waals surface area contributed by atoms with Crippen LogP contribution in [0.25, 0.3) is 0 Å². The predicted octanol–water partition coefficient (Wildman–Crippen LogP) is 2.96. The number of nitrogens with zero attached hydrogens (tertiary/aromatic N) is 3. The van der Waals surface area contributed by atoms with Gasteiger partial charge in [0.15, 0.2) is 0 Å². The summed E-state index contributed by atoms with van der Waals surface area (Å²) < 4.78 is 5.22. The molecule has 3 rings (SSSR count). The minimum atomic E-state index is 0.431. The van der Waals surface area contributed by atoms with Gasteiger partial charge in [-0.15, -0.1) is 0 Å². The van der Waals surface area contributed by atoms with E-state index in [-0.39, 0.29) is 0 Å². The fourth-order valence-electron chi connectivity index (χ4n) is 1.39. The quantitative estimate of drug-likeness (QED) is 0.839. The Balaban J connectivity index is 0.000000178. The number of carbonyl (C=O) groups excluding carboxylic acids is 1. The third-order valence-corrected chi connectivity index (χ3v) is 3.03. The van der Waals surface area contributed by atoms with Gasteiger partial charge in [0.2, 0.25) is 0 Å². The first-order valence-corrected chi connectivity index (χ1v) is 7.63. The van der Waals surface area contributed by atoms with E-state index in [1.807, 2.05) is 6.20 Å². The Labute approximate surface area is 138 Å². The van der Waals surface area contributed by atoms with Crippen LogP contribution in [-0.2, 0) is 9.53 Å². The summed E-state index contributed by atoms with van der Waals surface area (Å²) >= 11 is 3.35. The first kappa shape index (κ1) is 18.0. The van der Waals surface area contributed by atoms with E-state index in [1.165, 1.54) is 24.9 Å². The second-order valence-corrected chi connectivity index (χ2v) is 5.31. The van der Waals surface area contributed by atoms with Crippen LogP contribution in [0.1, 0.15) is 31.4 Å². The Bertz CT molecular complexity index is 533. The summed E-state index contributed by atoms with van der Waals surface area (Å²) in [6.07, 6.45) is 9.06. The summed E-state index contributed by atoms with van der Waals surface area (Å²) in [5.74, 6) is 0.771. The van der Waals surface area contributed by atoms with Gasteiger partial charge in [-0.1, -0.05) is 0 Å². The second kappa shape index (κ2) is 10.7. The number of hydrogen-bond donors (Lipinski definition) is 1. The Kier molecular flexibility index (Phi) is 8.74. The molecule has 0 unspecified atom stereocenters. The largest absolute Gasteiger partial charge is 0.468 e. The number of nitrogen functional groups attached to an aromatic ring is 1. The van der Waals surface area contributed by atoms with Gasteiger partial charge in [0, 0.05) is 22.3 Å². The highest BCUT2D eigenvalue weighted by molar-refractivity contribution is 9.10. The number of rotatable bonds is 3. The van der Waals surface area contributed by atoms with E-state index in [2.05, 4.69) is 47.8 Å². The van der Waals surface area contributed by atoms with Crippen molar-refractivity contribution in [2.24, 2.45) is 0 Å². The molecule has 1 aliphatic carbocycles. The van der Waals surface area contributed by atoms with Gasteiger partial charge >= 0.3 is 0 Å². The smallest absolute Gasteiger partial charge is 0.293 e. The van der Waals surface area contributed by atoms with Crippen LogP contribution in [0.5, 0.6) is 0 Å². The lowest BCUT2D eigenvalue weighted by Gasteiger charge is -1.94. The van der Waals surface area contributed by atoms with Crippen LogP contribution >= 0.6 is 15.9 Å². The Morgan fingerprint density at radius 3 is 2.32 bits per heavy atom. The fourth-order valence-corrected chi connectivity index (χ4v) is 1.62. The summed E-state index contributed by atoms with van der Waals surface area (Å²) in [6.45, 7) is 2.66. The van der Waals surface area contributed by atoms with Gasteiger partial charge in [-0.3, -0.25) is 9.78 Å². The van der Waals surface area contributed by atoms with Gasteiger partial charge in [0.25, 0.3) is 6.47 Å². The van der Waals surface area contributed by atoms with Crippen molar-refractivity contribution >= 4 is 28.1 Å². The molecule has 0 radical (unpaired) electrons. The Hall–Kier alpha value is -2.02. The zero-order valence-corrected chi connectivity index (χ0v) is 13.9. The zero-order chi connectivity index (χ0) is 16.2. The molecule has 0 bridgehead atoms. The number of hydrogen-bond acceptors (Lipinski definition) is 6. The van der Waals surface area contributed by atoms with Crippen molar-refractivity contribution in [3.05, 3.63) is 47.2 Å². The van der Waals surface area contributed by atoms with E-state index >= 15 is 0 Å². The summed E-state index contributed by atoms with van der Waals surface area (Å²) in [7, 11) is 0. The highest BCUT2D eigenvalue weighted by Gasteiger charge is 2.24. The van der Waals surface area contributed by atoms with Crippen molar-refractivity contribution in [2.45, 2.75) is 25.7 Å². The van der Waals surface area contributed by atoms with Gasteiger partial charge in [0.1, 0.15) is 6.33 Å². The first-order chi connectivity index (χ1) is 10.7. The molecular weight excluding hydrogens is 348 g/mol. The molecule has 22 heavy (non-hydrogen) atoms. The molecule has 2 aromatic rings. The third-order valence-electron chi connectivity index (χ3n) is 2.56. The van der Waals surface area contributed by atoms with Crippen LogP contribution in [0.4, 0.5) is 5.69 Å². The molecule has 1 fully saturated rings. The number of nitrogens with two attached hydrogens (primary N) is 1. The van der Waals surface area contributed by atoms with Gasteiger partial charge in [-0.25, -0.2) is 9.97 Å².